The van der Waals surface area contributed by atoms with E-state index in [1.54, 1.807) is 10.9 Å². The Morgan fingerprint density at radius 3 is 3.10 bits per heavy atom. The number of aryl methyl sites for hydroxylation is 1. The maximum absolute atomic E-state index is 12.2. The van der Waals surface area contributed by atoms with E-state index in [-0.39, 0.29) is 5.91 Å². The number of carbonyl (C=O) groups is 1. The van der Waals surface area contributed by atoms with Gasteiger partial charge in [-0.1, -0.05) is 11.6 Å². The average Bonchev–Trinajstić information content (AvgIpc) is 3.08. The Morgan fingerprint density at radius 1 is 1.48 bits per heavy atom. The first-order chi connectivity index (χ1) is 10.1. The molecule has 21 heavy (non-hydrogen) atoms. The van der Waals surface area contributed by atoms with Crippen LogP contribution in [0.2, 0.25) is 0 Å². The predicted molar refractivity (Wildman–Crippen MR) is 85.5 cm³/mol. The molecule has 0 radical (unpaired) electrons. The van der Waals surface area contributed by atoms with Crippen molar-refractivity contribution in [3.63, 3.8) is 0 Å². The molecule has 0 aliphatic carbocycles. The van der Waals surface area contributed by atoms with Crippen molar-refractivity contribution >= 4 is 33.0 Å². The number of fused-ring (bicyclic) bond motifs is 1. The van der Waals surface area contributed by atoms with Gasteiger partial charge in [0.25, 0.3) is 5.91 Å². The van der Waals surface area contributed by atoms with Crippen LogP contribution in [0, 0.1) is 6.92 Å². The molecule has 0 spiro atoms. The molecule has 5 nitrogen and oxygen atoms in total. The van der Waals surface area contributed by atoms with E-state index in [1.165, 1.54) is 11.3 Å². The topological polar surface area (TPSA) is 72.9 Å². The normalized spacial score (nSPS) is 10.9. The molecule has 3 rings (SSSR count). The van der Waals surface area contributed by atoms with Gasteiger partial charge < -0.3 is 11.1 Å². The molecule has 2 aromatic heterocycles. The number of hydrogen-bond donors (Lipinski definition) is 2. The molecule has 0 saturated heterocycles. The number of nitrogens with one attached hydrogen (secondary N) is 1. The van der Waals surface area contributed by atoms with Crippen molar-refractivity contribution in [1.82, 2.24) is 15.1 Å². The van der Waals surface area contributed by atoms with E-state index >= 15 is 0 Å². The second-order valence-electron chi connectivity index (χ2n) is 4.87. The quantitative estimate of drug-likeness (QED) is 0.777. The number of nitrogens with two attached hydrogens (primary N) is 1. The number of thiophene rings is 1. The highest BCUT2D eigenvalue weighted by molar-refractivity contribution is 7.21. The molecule has 1 amide bonds. The van der Waals surface area contributed by atoms with Crippen LogP contribution < -0.4 is 11.1 Å². The molecule has 0 bridgehead atoms. The van der Waals surface area contributed by atoms with Gasteiger partial charge in [-0.05, 0) is 25.1 Å². The molecule has 0 atom stereocenters. The molecule has 0 fully saturated rings. The zero-order valence-corrected chi connectivity index (χ0v) is 12.5. The number of nitrogen functional groups attached to an aromatic ring is 1. The van der Waals surface area contributed by atoms with Crippen molar-refractivity contribution in [3.8, 4) is 0 Å². The van der Waals surface area contributed by atoms with E-state index in [4.69, 9.17) is 5.73 Å². The first-order valence-electron chi connectivity index (χ1n) is 6.69. The van der Waals surface area contributed by atoms with Crippen LogP contribution in [0.15, 0.2) is 36.7 Å². The summed E-state index contributed by atoms with van der Waals surface area (Å²) in [5.74, 6) is -0.126. The highest BCUT2D eigenvalue weighted by atomic mass is 32.1. The van der Waals surface area contributed by atoms with E-state index < -0.39 is 0 Å². The molecule has 0 aliphatic heterocycles. The summed E-state index contributed by atoms with van der Waals surface area (Å²) >= 11 is 1.43. The summed E-state index contributed by atoms with van der Waals surface area (Å²) in [6.45, 7) is 3.18. The van der Waals surface area contributed by atoms with E-state index in [2.05, 4.69) is 10.4 Å². The minimum atomic E-state index is -0.126. The van der Waals surface area contributed by atoms with E-state index in [1.807, 2.05) is 37.4 Å². The van der Waals surface area contributed by atoms with Crippen LogP contribution >= 0.6 is 11.3 Å². The Balaban J connectivity index is 1.73. The third-order valence-corrected chi connectivity index (χ3v) is 4.46. The van der Waals surface area contributed by atoms with Gasteiger partial charge in [0.1, 0.15) is 4.88 Å². The molecule has 3 N–H and O–H groups in total. The van der Waals surface area contributed by atoms with Crippen molar-refractivity contribution in [2.45, 2.75) is 13.5 Å². The van der Waals surface area contributed by atoms with Crippen LogP contribution in [-0.2, 0) is 6.54 Å². The Bertz CT molecular complexity index is 776. The molecule has 0 unspecified atom stereocenters. The number of benzene rings is 1. The lowest BCUT2D eigenvalue weighted by Crippen LogP contribution is -2.27. The SMILES string of the molecule is Cc1ccc2sc(C(=O)NCCn3cccn3)c(N)c2c1. The van der Waals surface area contributed by atoms with Crippen LogP contribution in [0.25, 0.3) is 10.1 Å². The lowest BCUT2D eigenvalue weighted by atomic mass is 10.1. The number of amides is 1. The number of anilines is 1. The van der Waals surface area contributed by atoms with Crippen LogP contribution in [-0.4, -0.2) is 22.2 Å². The molecule has 0 aliphatic rings. The van der Waals surface area contributed by atoms with Crippen LogP contribution in [0.3, 0.4) is 0 Å². The third kappa shape index (κ3) is 2.75. The number of nitrogens with zero attached hydrogens (tertiary/aromatic N) is 2. The summed E-state index contributed by atoms with van der Waals surface area (Å²) in [5.41, 5.74) is 7.81. The number of rotatable bonds is 4. The fraction of sp³-hybridized carbons (Fsp3) is 0.200. The van der Waals surface area contributed by atoms with E-state index in [0.29, 0.717) is 23.7 Å². The van der Waals surface area contributed by atoms with Crippen molar-refractivity contribution in [1.29, 1.82) is 0 Å². The van der Waals surface area contributed by atoms with Gasteiger partial charge in [-0.15, -0.1) is 11.3 Å². The lowest BCUT2D eigenvalue weighted by molar-refractivity contribution is 0.0957. The molecule has 6 heteroatoms. The Hall–Kier alpha value is -2.34. The van der Waals surface area contributed by atoms with E-state index in [9.17, 15) is 4.79 Å². The molecular weight excluding hydrogens is 284 g/mol. The van der Waals surface area contributed by atoms with Gasteiger partial charge in [-0.2, -0.15) is 5.10 Å². The summed E-state index contributed by atoms with van der Waals surface area (Å²) in [6, 6.07) is 7.90. The highest BCUT2D eigenvalue weighted by Gasteiger charge is 2.15. The van der Waals surface area contributed by atoms with Crippen LogP contribution in [0.1, 0.15) is 15.2 Å². The Morgan fingerprint density at radius 2 is 2.33 bits per heavy atom. The van der Waals surface area contributed by atoms with Gasteiger partial charge in [0.2, 0.25) is 0 Å². The zero-order valence-electron chi connectivity index (χ0n) is 11.7. The number of aromatic nitrogens is 2. The van der Waals surface area contributed by atoms with Crippen LogP contribution in [0.5, 0.6) is 0 Å². The van der Waals surface area contributed by atoms with Gasteiger partial charge in [0.15, 0.2) is 0 Å². The minimum absolute atomic E-state index is 0.126. The van der Waals surface area contributed by atoms with Gasteiger partial charge in [-0.3, -0.25) is 9.48 Å². The third-order valence-electron chi connectivity index (χ3n) is 3.27. The molecule has 108 valence electrons. The lowest BCUT2D eigenvalue weighted by Gasteiger charge is -2.04. The van der Waals surface area contributed by atoms with Gasteiger partial charge in [0, 0.05) is 29.0 Å². The fourth-order valence-corrected chi connectivity index (χ4v) is 3.22. The molecule has 0 saturated carbocycles. The zero-order chi connectivity index (χ0) is 14.8. The number of hydrogen-bond acceptors (Lipinski definition) is 4. The smallest absolute Gasteiger partial charge is 0.263 e. The first-order valence-corrected chi connectivity index (χ1v) is 7.51. The first kappa shape index (κ1) is 13.6. The summed E-state index contributed by atoms with van der Waals surface area (Å²) in [5, 5.41) is 7.93. The number of carbonyl (C=O) groups excluding carboxylic acids is 1. The highest BCUT2D eigenvalue weighted by Crippen LogP contribution is 2.34. The van der Waals surface area contributed by atoms with Crippen molar-refractivity contribution in [3.05, 3.63) is 47.1 Å². The molecule has 2 heterocycles. The largest absolute Gasteiger partial charge is 0.397 e. The summed E-state index contributed by atoms with van der Waals surface area (Å²) < 4.78 is 2.81. The summed E-state index contributed by atoms with van der Waals surface area (Å²) in [6.07, 6.45) is 3.58. The van der Waals surface area contributed by atoms with Crippen molar-refractivity contribution in [2.24, 2.45) is 0 Å². The second-order valence-corrected chi connectivity index (χ2v) is 5.92. The average molecular weight is 300 g/mol. The minimum Gasteiger partial charge on any atom is -0.397 e. The second kappa shape index (κ2) is 5.57. The summed E-state index contributed by atoms with van der Waals surface area (Å²) in [7, 11) is 0. The molecule has 1 aromatic carbocycles. The van der Waals surface area contributed by atoms with Crippen molar-refractivity contribution < 1.29 is 4.79 Å². The van der Waals surface area contributed by atoms with Crippen molar-refractivity contribution in [2.75, 3.05) is 12.3 Å². The maximum Gasteiger partial charge on any atom is 0.263 e. The summed E-state index contributed by atoms with van der Waals surface area (Å²) in [4.78, 5) is 12.8. The predicted octanol–water partition coefficient (Wildman–Crippen LogP) is 2.42. The van der Waals surface area contributed by atoms with E-state index in [0.717, 1.165) is 15.6 Å². The van der Waals surface area contributed by atoms with Gasteiger partial charge in [-0.25, -0.2) is 0 Å². The monoisotopic (exact) mass is 300 g/mol. The fourth-order valence-electron chi connectivity index (χ4n) is 2.20. The molecular formula is C15H16N4OS. The van der Waals surface area contributed by atoms with Gasteiger partial charge >= 0.3 is 0 Å². The molecule has 3 aromatic rings. The maximum atomic E-state index is 12.2. The van der Waals surface area contributed by atoms with Crippen LogP contribution in [0.4, 0.5) is 5.69 Å². The van der Waals surface area contributed by atoms with Gasteiger partial charge in [0.05, 0.1) is 12.2 Å². The standard InChI is InChI=1S/C15H16N4OS/c1-10-3-4-12-11(9-10)13(16)14(21-12)15(20)17-6-8-19-7-2-5-18-19/h2-5,7,9H,6,8,16H2,1H3,(H,17,20). The Labute approximate surface area is 126 Å². The Kier molecular flexibility index (Phi) is 3.62.